The third-order valence-electron chi connectivity index (χ3n) is 3.58. The van der Waals surface area contributed by atoms with E-state index in [1.807, 2.05) is 4.90 Å². The molecule has 1 amide bonds. The molecule has 3 heteroatoms. The lowest BCUT2D eigenvalue weighted by Gasteiger charge is -2.35. The van der Waals surface area contributed by atoms with Crippen LogP contribution in [0.15, 0.2) is 0 Å². The first-order valence-corrected chi connectivity index (χ1v) is 5.73. The van der Waals surface area contributed by atoms with E-state index >= 15 is 0 Å². The normalized spacial score (nSPS) is 36.7. The molecule has 82 valence electrons. The summed E-state index contributed by atoms with van der Waals surface area (Å²) in [7, 11) is 0. The average molecular weight is 206 g/mol. The molecule has 1 unspecified atom stereocenters. The number of amides is 1. The molecule has 0 aromatic carbocycles. The van der Waals surface area contributed by atoms with Gasteiger partial charge in [0.2, 0.25) is 5.91 Å². The molecular formula is C12H18N2O. The SMILES string of the molecule is C#CC1CC(=O)N([C@H]2CCCC[C@@H]2N)C1. The van der Waals surface area contributed by atoms with E-state index in [2.05, 4.69) is 5.92 Å². The smallest absolute Gasteiger partial charge is 0.224 e. The number of rotatable bonds is 1. The molecule has 3 atom stereocenters. The molecule has 2 aliphatic rings. The number of likely N-dealkylation sites (tertiary alicyclic amines) is 1. The zero-order valence-electron chi connectivity index (χ0n) is 8.98. The number of nitrogens with two attached hydrogens (primary N) is 1. The number of carbonyl (C=O) groups is 1. The molecule has 1 heterocycles. The van der Waals surface area contributed by atoms with Gasteiger partial charge in [-0.15, -0.1) is 12.3 Å². The van der Waals surface area contributed by atoms with E-state index in [4.69, 9.17) is 12.2 Å². The zero-order valence-corrected chi connectivity index (χ0v) is 8.98. The Hall–Kier alpha value is -1.01. The highest BCUT2D eigenvalue weighted by Crippen LogP contribution is 2.27. The molecule has 1 saturated heterocycles. The molecule has 15 heavy (non-hydrogen) atoms. The molecule has 0 bridgehead atoms. The van der Waals surface area contributed by atoms with E-state index in [0.717, 1.165) is 12.8 Å². The number of carbonyl (C=O) groups excluding carboxylic acids is 1. The summed E-state index contributed by atoms with van der Waals surface area (Å²) in [6.45, 7) is 0.716. The van der Waals surface area contributed by atoms with E-state index < -0.39 is 0 Å². The van der Waals surface area contributed by atoms with Crippen LogP contribution in [-0.4, -0.2) is 29.4 Å². The number of hydrogen-bond donors (Lipinski definition) is 1. The minimum atomic E-state index is 0.103. The molecule has 0 radical (unpaired) electrons. The van der Waals surface area contributed by atoms with Crippen LogP contribution in [0.3, 0.4) is 0 Å². The predicted molar refractivity (Wildman–Crippen MR) is 58.9 cm³/mol. The largest absolute Gasteiger partial charge is 0.337 e. The fourth-order valence-corrected chi connectivity index (χ4v) is 2.69. The summed E-state index contributed by atoms with van der Waals surface area (Å²) in [4.78, 5) is 13.7. The van der Waals surface area contributed by atoms with Crippen LogP contribution in [0.2, 0.25) is 0 Å². The van der Waals surface area contributed by atoms with Gasteiger partial charge in [-0.1, -0.05) is 12.8 Å². The standard InChI is InChI=1S/C12H18N2O/c1-2-9-7-12(15)14(8-9)11-6-4-3-5-10(11)13/h1,9-11H,3-8,13H2/t9?,10-,11-/m0/s1. The predicted octanol–water partition coefficient (Wildman–Crippen LogP) is 0.738. The Morgan fingerprint density at radius 2 is 2.13 bits per heavy atom. The molecular weight excluding hydrogens is 188 g/mol. The fourth-order valence-electron chi connectivity index (χ4n) is 2.69. The van der Waals surface area contributed by atoms with Crippen molar-refractivity contribution in [1.29, 1.82) is 0 Å². The van der Waals surface area contributed by atoms with E-state index in [-0.39, 0.29) is 23.9 Å². The van der Waals surface area contributed by atoms with Gasteiger partial charge in [0.25, 0.3) is 0 Å². The number of nitrogens with zero attached hydrogens (tertiary/aromatic N) is 1. The Bertz CT molecular complexity index is 294. The van der Waals surface area contributed by atoms with E-state index in [1.165, 1.54) is 12.8 Å². The topological polar surface area (TPSA) is 46.3 Å². The van der Waals surface area contributed by atoms with Gasteiger partial charge in [-0.05, 0) is 12.8 Å². The summed E-state index contributed by atoms with van der Waals surface area (Å²) in [5.41, 5.74) is 6.06. The molecule has 0 aromatic heterocycles. The van der Waals surface area contributed by atoms with E-state index in [9.17, 15) is 4.79 Å². The number of terminal acetylenes is 1. The van der Waals surface area contributed by atoms with Crippen LogP contribution in [0, 0.1) is 18.3 Å². The third-order valence-corrected chi connectivity index (χ3v) is 3.58. The van der Waals surface area contributed by atoms with Crippen LogP contribution in [0.4, 0.5) is 0 Å². The molecule has 0 spiro atoms. The van der Waals surface area contributed by atoms with Gasteiger partial charge >= 0.3 is 0 Å². The van der Waals surface area contributed by atoms with Crippen molar-refractivity contribution in [3.05, 3.63) is 0 Å². The Kier molecular flexibility index (Phi) is 2.97. The molecule has 2 N–H and O–H groups in total. The lowest BCUT2D eigenvalue weighted by Crippen LogP contribution is -2.50. The van der Waals surface area contributed by atoms with Gasteiger partial charge in [0.05, 0.1) is 0 Å². The highest BCUT2D eigenvalue weighted by molar-refractivity contribution is 5.79. The Morgan fingerprint density at radius 3 is 2.73 bits per heavy atom. The maximum Gasteiger partial charge on any atom is 0.224 e. The molecule has 1 aliphatic heterocycles. The second-order valence-corrected chi connectivity index (χ2v) is 4.63. The van der Waals surface area contributed by atoms with Crippen LogP contribution in [-0.2, 0) is 4.79 Å². The Balaban J connectivity index is 2.04. The van der Waals surface area contributed by atoms with Crippen molar-refractivity contribution < 1.29 is 4.79 Å². The summed E-state index contributed by atoms with van der Waals surface area (Å²) in [5.74, 6) is 2.97. The van der Waals surface area contributed by atoms with E-state index in [1.54, 1.807) is 0 Å². The van der Waals surface area contributed by atoms with Crippen molar-refractivity contribution in [1.82, 2.24) is 4.90 Å². The molecule has 1 aliphatic carbocycles. The quantitative estimate of drug-likeness (QED) is 0.643. The molecule has 0 aromatic rings. The van der Waals surface area contributed by atoms with Crippen molar-refractivity contribution >= 4 is 5.91 Å². The van der Waals surface area contributed by atoms with Gasteiger partial charge in [0.1, 0.15) is 0 Å². The highest BCUT2D eigenvalue weighted by atomic mass is 16.2. The maximum atomic E-state index is 11.8. The second-order valence-electron chi connectivity index (χ2n) is 4.63. The first-order chi connectivity index (χ1) is 7.22. The average Bonchev–Trinajstić information content (AvgIpc) is 2.60. The lowest BCUT2D eigenvalue weighted by atomic mass is 9.90. The monoisotopic (exact) mass is 206 g/mol. The van der Waals surface area contributed by atoms with Gasteiger partial charge in [0.15, 0.2) is 0 Å². The summed E-state index contributed by atoms with van der Waals surface area (Å²) in [6, 6.07) is 0.392. The van der Waals surface area contributed by atoms with Crippen LogP contribution < -0.4 is 5.73 Å². The Labute approximate surface area is 91.0 Å². The maximum absolute atomic E-state index is 11.8. The minimum Gasteiger partial charge on any atom is -0.337 e. The van der Waals surface area contributed by atoms with E-state index in [0.29, 0.717) is 13.0 Å². The first-order valence-electron chi connectivity index (χ1n) is 5.73. The first kappa shape index (κ1) is 10.5. The summed E-state index contributed by atoms with van der Waals surface area (Å²) in [6.07, 6.45) is 10.3. The molecule has 3 nitrogen and oxygen atoms in total. The minimum absolute atomic E-state index is 0.103. The molecule has 1 saturated carbocycles. The van der Waals surface area contributed by atoms with Gasteiger partial charge in [-0.25, -0.2) is 0 Å². The lowest BCUT2D eigenvalue weighted by molar-refractivity contribution is -0.130. The van der Waals surface area contributed by atoms with Gasteiger partial charge < -0.3 is 10.6 Å². The second kappa shape index (κ2) is 4.24. The van der Waals surface area contributed by atoms with Crippen molar-refractivity contribution in [2.24, 2.45) is 11.7 Å². The van der Waals surface area contributed by atoms with Gasteiger partial charge in [-0.3, -0.25) is 4.79 Å². The molecule has 2 rings (SSSR count). The zero-order chi connectivity index (χ0) is 10.8. The number of hydrogen-bond acceptors (Lipinski definition) is 2. The summed E-state index contributed by atoms with van der Waals surface area (Å²) in [5, 5.41) is 0. The van der Waals surface area contributed by atoms with Gasteiger partial charge in [0, 0.05) is 31.0 Å². The highest BCUT2D eigenvalue weighted by Gasteiger charge is 2.36. The summed E-state index contributed by atoms with van der Waals surface area (Å²) < 4.78 is 0. The van der Waals surface area contributed by atoms with Crippen molar-refractivity contribution in [3.63, 3.8) is 0 Å². The van der Waals surface area contributed by atoms with Gasteiger partial charge in [-0.2, -0.15) is 0 Å². The summed E-state index contributed by atoms with van der Waals surface area (Å²) >= 11 is 0. The van der Waals surface area contributed by atoms with Crippen molar-refractivity contribution in [2.75, 3.05) is 6.54 Å². The van der Waals surface area contributed by atoms with Crippen LogP contribution in [0.1, 0.15) is 32.1 Å². The Morgan fingerprint density at radius 1 is 1.40 bits per heavy atom. The fraction of sp³-hybridized carbons (Fsp3) is 0.750. The van der Waals surface area contributed by atoms with Crippen LogP contribution >= 0.6 is 0 Å². The third kappa shape index (κ3) is 2.00. The van der Waals surface area contributed by atoms with Crippen molar-refractivity contribution in [3.8, 4) is 12.3 Å². The molecule has 2 fully saturated rings. The van der Waals surface area contributed by atoms with Crippen LogP contribution in [0.25, 0.3) is 0 Å². The van der Waals surface area contributed by atoms with Crippen LogP contribution in [0.5, 0.6) is 0 Å². The van der Waals surface area contributed by atoms with Crippen molar-refractivity contribution in [2.45, 2.75) is 44.2 Å².